The fourth-order valence-corrected chi connectivity index (χ4v) is 2.64. The van der Waals surface area contributed by atoms with E-state index >= 15 is 0 Å². The van der Waals surface area contributed by atoms with Gasteiger partial charge in [0.1, 0.15) is 11.5 Å². The number of hydrogen-bond donors (Lipinski definition) is 2. The van der Waals surface area contributed by atoms with Crippen LogP contribution in [0.25, 0.3) is 0 Å². The minimum atomic E-state index is -0.114. The Bertz CT molecular complexity index is 670. The van der Waals surface area contributed by atoms with Crippen LogP contribution in [0.2, 0.25) is 0 Å². The first-order chi connectivity index (χ1) is 10.7. The molecule has 6 nitrogen and oxygen atoms in total. The molecule has 1 aromatic carbocycles. The van der Waals surface area contributed by atoms with Gasteiger partial charge in [0, 0.05) is 26.2 Å². The van der Waals surface area contributed by atoms with Gasteiger partial charge < -0.3 is 25.1 Å². The van der Waals surface area contributed by atoms with Gasteiger partial charge in [0.2, 0.25) is 0 Å². The number of halogens is 2. The fourth-order valence-electron chi connectivity index (χ4n) is 2.64. The highest BCUT2D eigenvalue weighted by Gasteiger charge is 2.25. The van der Waals surface area contributed by atoms with Gasteiger partial charge in [-0.25, -0.2) is 0 Å². The number of furan rings is 1. The zero-order valence-corrected chi connectivity index (χ0v) is 14.7. The van der Waals surface area contributed by atoms with Crippen LogP contribution in [-0.2, 0) is 6.54 Å². The number of amides is 1. The van der Waals surface area contributed by atoms with Crippen molar-refractivity contribution in [2.45, 2.75) is 6.54 Å². The third-order valence-electron chi connectivity index (χ3n) is 3.86. The number of nitrogens with zero attached hydrogens (tertiary/aromatic N) is 2. The summed E-state index contributed by atoms with van der Waals surface area (Å²) >= 11 is 0. The molecule has 0 spiro atoms. The Morgan fingerprint density at radius 1 is 1.08 bits per heavy atom. The van der Waals surface area contributed by atoms with Crippen LogP contribution in [0, 0.1) is 0 Å². The van der Waals surface area contributed by atoms with E-state index in [1.165, 1.54) is 0 Å². The molecule has 0 bridgehead atoms. The van der Waals surface area contributed by atoms with Crippen molar-refractivity contribution in [1.82, 2.24) is 4.90 Å². The second-order valence-corrected chi connectivity index (χ2v) is 5.24. The normalized spacial score (nSPS) is 13.9. The molecule has 3 N–H and O–H groups in total. The molecule has 8 heteroatoms. The second kappa shape index (κ2) is 8.82. The van der Waals surface area contributed by atoms with E-state index in [0.29, 0.717) is 37.7 Å². The molecule has 2 aromatic rings. The number of phenols is 1. The maximum atomic E-state index is 12.4. The van der Waals surface area contributed by atoms with Gasteiger partial charge in [-0.3, -0.25) is 4.79 Å². The number of rotatable bonds is 3. The number of benzene rings is 1. The largest absolute Gasteiger partial charge is 0.506 e. The molecule has 0 atom stereocenters. The first kappa shape index (κ1) is 20.2. The summed E-state index contributed by atoms with van der Waals surface area (Å²) in [4.78, 5) is 16.2. The lowest BCUT2D eigenvalue weighted by Gasteiger charge is -2.35. The van der Waals surface area contributed by atoms with Crippen LogP contribution < -0.4 is 10.6 Å². The van der Waals surface area contributed by atoms with Crippen molar-refractivity contribution in [2.24, 2.45) is 5.73 Å². The first-order valence-corrected chi connectivity index (χ1v) is 7.30. The van der Waals surface area contributed by atoms with Crippen LogP contribution in [0.1, 0.15) is 16.3 Å². The Balaban J connectivity index is 0.00000144. The van der Waals surface area contributed by atoms with E-state index in [1.807, 2.05) is 12.1 Å². The molecule has 0 radical (unpaired) electrons. The van der Waals surface area contributed by atoms with Gasteiger partial charge in [-0.2, -0.15) is 0 Å². The average molecular weight is 374 g/mol. The standard InChI is InChI=1S/C16H19N3O3.2ClH/c17-11-12-5-6-15(22-12)16(21)19-9-7-18(8-10-19)13-3-1-2-4-14(13)20;;/h1-6,20H,7-11,17H2;2*1H. The van der Waals surface area contributed by atoms with Crippen LogP contribution in [-0.4, -0.2) is 42.1 Å². The molecule has 1 aromatic heterocycles. The zero-order chi connectivity index (χ0) is 15.5. The molecule has 1 amide bonds. The van der Waals surface area contributed by atoms with E-state index in [9.17, 15) is 9.90 Å². The number of aromatic hydroxyl groups is 1. The first-order valence-electron chi connectivity index (χ1n) is 7.30. The lowest BCUT2D eigenvalue weighted by atomic mass is 10.2. The van der Waals surface area contributed by atoms with Crippen LogP contribution in [0.15, 0.2) is 40.8 Å². The molecule has 1 aliphatic rings. The van der Waals surface area contributed by atoms with Crippen LogP contribution >= 0.6 is 24.8 Å². The number of phenolic OH excluding ortho intramolecular Hbond substituents is 1. The van der Waals surface area contributed by atoms with Crippen molar-refractivity contribution in [1.29, 1.82) is 0 Å². The SMILES string of the molecule is Cl.Cl.NCc1ccc(C(=O)N2CCN(c3ccccc3O)CC2)o1. The third-order valence-corrected chi connectivity index (χ3v) is 3.86. The summed E-state index contributed by atoms with van der Waals surface area (Å²) < 4.78 is 5.41. The molecule has 2 heterocycles. The summed E-state index contributed by atoms with van der Waals surface area (Å²) in [6, 6.07) is 10.6. The Labute approximate surface area is 153 Å². The van der Waals surface area contributed by atoms with E-state index < -0.39 is 0 Å². The molecule has 1 saturated heterocycles. The Morgan fingerprint density at radius 2 is 1.75 bits per heavy atom. The van der Waals surface area contributed by atoms with Gasteiger partial charge in [0.25, 0.3) is 5.91 Å². The van der Waals surface area contributed by atoms with Crippen molar-refractivity contribution in [3.8, 4) is 5.75 Å². The molecule has 1 fully saturated rings. The minimum absolute atomic E-state index is 0. The number of para-hydroxylation sites is 2. The molecule has 0 unspecified atom stereocenters. The predicted octanol–water partition coefficient (Wildman–Crippen LogP) is 2.25. The number of nitrogens with two attached hydrogens (primary N) is 1. The topological polar surface area (TPSA) is 82.9 Å². The minimum Gasteiger partial charge on any atom is -0.506 e. The van der Waals surface area contributed by atoms with Gasteiger partial charge in [-0.15, -0.1) is 24.8 Å². The molecular weight excluding hydrogens is 353 g/mol. The second-order valence-electron chi connectivity index (χ2n) is 5.24. The summed E-state index contributed by atoms with van der Waals surface area (Å²) in [5.74, 6) is 1.09. The van der Waals surface area contributed by atoms with Gasteiger partial charge in [0.05, 0.1) is 12.2 Å². The molecule has 24 heavy (non-hydrogen) atoms. The molecule has 1 aliphatic heterocycles. The summed E-state index contributed by atoms with van der Waals surface area (Å²) in [7, 11) is 0. The molecule has 0 saturated carbocycles. The molecular formula is C16H21Cl2N3O3. The maximum absolute atomic E-state index is 12.4. The van der Waals surface area contributed by atoms with Crippen molar-refractivity contribution >= 4 is 36.4 Å². The van der Waals surface area contributed by atoms with E-state index in [-0.39, 0.29) is 43.0 Å². The third kappa shape index (κ3) is 4.14. The lowest BCUT2D eigenvalue weighted by Crippen LogP contribution is -2.48. The summed E-state index contributed by atoms with van der Waals surface area (Å²) in [5, 5.41) is 9.90. The number of piperazine rings is 1. The molecule has 3 rings (SSSR count). The maximum Gasteiger partial charge on any atom is 0.289 e. The van der Waals surface area contributed by atoms with E-state index in [1.54, 1.807) is 29.2 Å². The number of hydrogen-bond acceptors (Lipinski definition) is 5. The van der Waals surface area contributed by atoms with Crippen LogP contribution in [0.3, 0.4) is 0 Å². The van der Waals surface area contributed by atoms with Gasteiger partial charge in [0.15, 0.2) is 5.76 Å². The zero-order valence-electron chi connectivity index (χ0n) is 13.1. The van der Waals surface area contributed by atoms with Crippen molar-refractivity contribution in [3.63, 3.8) is 0 Å². The van der Waals surface area contributed by atoms with E-state index in [2.05, 4.69) is 4.90 Å². The highest BCUT2D eigenvalue weighted by Crippen LogP contribution is 2.27. The van der Waals surface area contributed by atoms with Gasteiger partial charge in [-0.1, -0.05) is 12.1 Å². The smallest absolute Gasteiger partial charge is 0.289 e. The lowest BCUT2D eigenvalue weighted by molar-refractivity contribution is 0.0713. The van der Waals surface area contributed by atoms with Crippen LogP contribution in [0.4, 0.5) is 5.69 Å². The Morgan fingerprint density at radius 3 is 2.33 bits per heavy atom. The van der Waals surface area contributed by atoms with Gasteiger partial charge >= 0.3 is 0 Å². The average Bonchev–Trinajstić information content (AvgIpc) is 3.04. The van der Waals surface area contributed by atoms with E-state index in [0.717, 1.165) is 5.69 Å². The van der Waals surface area contributed by atoms with Crippen molar-refractivity contribution in [2.75, 3.05) is 31.1 Å². The summed E-state index contributed by atoms with van der Waals surface area (Å²) in [6.07, 6.45) is 0. The number of carbonyl (C=O) groups excluding carboxylic acids is 1. The number of anilines is 1. The highest BCUT2D eigenvalue weighted by molar-refractivity contribution is 5.91. The van der Waals surface area contributed by atoms with Gasteiger partial charge in [-0.05, 0) is 24.3 Å². The Kier molecular flexibility index (Phi) is 7.41. The summed E-state index contributed by atoms with van der Waals surface area (Å²) in [5.41, 5.74) is 6.29. The quantitative estimate of drug-likeness (QED) is 0.861. The highest BCUT2D eigenvalue weighted by atomic mass is 35.5. The number of carbonyl (C=O) groups is 1. The monoisotopic (exact) mass is 373 g/mol. The predicted molar refractivity (Wildman–Crippen MR) is 97.3 cm³/mol. The van der Waals surface area contributed by atoms with Crippen LogP contribution in [0.5, 0.6) is 5.75 Å². The Hall–Kier alpha value is -1.89. The molecule has 132 valence electrons. The van der Waals surface area contributed by atoms with Crippen molar-refractivity contribution < 1.29 is 14.3 Å². The van der Waals surface area contributed by atoms with Crippen molar-refractivity contribution in [3.05, 3.63) is 47.9 Å². The van der Waals surface area contributed by atoms with E-state index in [4.69, 9.17) is 10.2 Å². The summed E-state index contributed by atoms with van der Waals surface area (Å²) in [6.45, 7) is 2.81. The fraction of sp³-hybridized carbons (Fsp3) is 0.312. The molecule has 0 aliphatic carbocycles.